The predicted molar refractivity (Wildman–Crippen MR) is 108 cm³/mol. The fraction of sp³-hybridized carbons (Fsp3) is 0.211. The fourth-order valence-corrected chi connectivity index (χ4v) is 3.44. The van der Waals surface area contributed by atoms with Gasteiger partial charge in [-0.05, 0) is 58.3 Å². The first-order valence-electron chi connectivity index (χ1n) is 8.70. The molecule has 0 aliphatic carbocycles. The van der Waals surface area contributed by atoms with Gasteiger partial charge in [-0.15, -0.1) is 5.10 Å². The monoisotopic (exact) mass is 412 g/mol. The van der Waals surface area contributed by atoms with Crippen molar-refractivity contribution >= 4 is 23.4 Å². The van der Waals surface area contributed by atoms with Crippen LogP contribution in [0.15, 0.2) is 58.2 Å². The molecule has 142 valence electrons. The lowest BCUT2D eigenvalue weighted by molar-refractivity contribution is 0.391. The molecule has 0 fully saturated rings. The summed E-state index contributed by atoms with van der Waals surface area (Å²) in [6.45, 7) is 4.33. The van der Waals surface area contributed by atoms with Gasteiger partial charge in [-0.2, -0.15) is 9.67 Å². The van der Waals surface area contributed by atoms with Gasteiger partial charge < -0.3 is 4.52 Å². The van der Waals surface area contributed by atoms with Gasteiger partial charge >= 0.3 is 0 Å². The molecular weight excluding hydrogens is 396 g/mol. The van der Waals surface area contributed by atoms with Crippen molar-refractivity contribution in [3.05, 3.63) is 65.0 Å². The molecule has 0 atom stereocenters. The van der Waals surface area contributed by atoms with E-state index in [4.69, 9.17) is 16.1 Å². The lowest BCUT2D eigenvalue weighted by Crippen LogP contribution is -2.00. The van der Waals surface area contributed by atoms with E-state index >= 15 is 0 Å². The molecule has 2 aromatic carbocycles. The lowest BCUT2D eigenvalue weighted by atomic mass is 10.0. The Hall–Kier alpha value is -2.71. The standard InChI is InChI=1S/C19H17ClN6OS/c1-12(2)13-5-9-16(10-6-13)26-19(22-24-25-26)28-11-17-21-18(23-27-17)14-3-7-15(20)8-4-14/h3-10,12H,11H2,1-2H3. The summed E-state index contributed by atoms with van der Waals surface area (Å²) in [7, 11) is 0. The molecule has 28 heavy (non-hydrogen) atoms. The van der Waals surface area contributed by atoms with Crippen LogP contribution >= 0.6 is 23.4 Å². The van der Waals surface area contributed by atoms with Crippen LogP contribution < -0.4 is 0 Å². The van der Waals surface area contributed by atoms with E-state index in [-0.39, 0.29) is 0 Å². The Balaban J connectivity index is 1.46. The Bertz CT molecular complexity index is 1060. The highest BCUT2D eigenvalue weighted by molar-refractivity contribution is 7.98. The minimum atomic E-state index is 0.463. The largest absolute Gasteiger partial charge is 0.338 e. The topological polar surface area (TPSA) is 82.5 Å². The Morgan fingerprint density at radius 2 is 1.82 bits per heavy atom. The smallest absolute Gasteiger partial charge is 0.237 e. The van der Waals surface area contributed by atoms with Crippen molar-refractivity contribution in [2.75, 3.05) is 0 Å². The highest BCUT2D eigenvalue weighted by Crippen LogP contribution is 2.25. The zero-order valence-electron chi connectivity index (χ0n) is 15.3. The third-order valence-electron chi connectivity index (χ3n) is 4.14. The number of rotatable bonds is 6. The van der Waals surface area contributed by atoms with Crippen LogP contribution in [0.2, 0.25) is 5.02 Å². The van der Waals surface area contributed by atoms with E-state index < -0.39 is 0 Å². The van der Waals surface area contributed by atoms with E-state index in [2.05, 4.69) is 51.6 Å². The van der Waals surface area contributed by atoms with Crippen LogP contribution in [0.1, 0.15) is 31.2 Å². The maximum atomic E-state index is 5.91. The van der Waals surface area contributed by atoms with Crippen molar-refractivity contribution in [2.45, 2.75) is 30.7 Å². The molecule has 2 aromatic heterocycles. The van der Waals surface area contributed by atoms with Crippen LogP contribution in [0.3, 0.4) is 0 Å². The summed E-state index contributed by atoms with van der Waals surface area (Å²) in [5.41, 5.74) is 3.02. The average molecular weight is 413 g/mol. The van der Waals surface area contributed by atoms with Crippen LogP contribution in [-0.4, -0.2) is 30.3 Å². The summed E-state index contributed by atoms with van der Waals surface area (Å²) in [4.78, 5) is 4.42. The molecule has 0 amide bonds. The Morgan fingerprint density at radius 3 is 2.54 bits per heavy atom. The normalized spacial score (nSPS) is 11.3. The molecule has 9 heteroatoms. The number of aromatic nitrogens is 6. The van der Waals surface area contributed by atoms with Gasteiger partial charge in [-0.25, -0.2) is 0 Å². The quantitative estimate of drug-likeness (QED) is 0.421. The van der Waals surface area contributed by atoms with Gasteiger partial charge in [0.1, 0.15) is 0 Å². The van der Waals surface area contributed by atoms with Gasteiger partial charge in [0.05, 0.1) is 11.4 Å². The molecule has 0 N–H and O–H groups in total. The van der Waals surface area contributed by atoms with Crippen LogP contribution in [0.25, 0.3) is 17.1 Å². The number of tetrazole rings is 1. The molecule has 4 aromatic rings. The van der Waals surface area contributed by atoms with E-state index in [1.165, 1.54) is 17.3 Å². The number of halogens is 1. The lowest BCUT2D eigenvalue weighted by Gasteiger charge is -2.07. The van der Waals surface area contributed by atoms with Gasteiger partial charge in [-0.1, -0.05) is 54.5 Å². The zero-order valence-corrected chi connectivity index (χ0v) is 16.9. The summed E-state index contributed by atoms with van der Waals surface area (Å²) < 4.78 is 7.04. The third kappa shape index (κ3) is 4.07. The van der Waals surface area contributed by atoms with Crippen molar-refractivity contribution in [2.24, 2.45) is 0 Å². The first-order valence-corrected chi connectivity index (χ1v) is 10.1. The van der Waals surface area contributed by atoms with Crippen LogP contribution in [-0.2, 0) is 5.75 Å². The molecule has 7 nitrogen and oxygen atoms in total. The molecule has 0 spiro atoms. The molecule has 0 saturated carbocycles. The molecule has 0 saturated heterocycles. The van der Waals surface area contributed by atoms with Crippen LogP contribution in [0.4, 0.5) is 0 Å². The molecule has 0 unspecified atom stereocenters. The van der Waals surface area contributed by atoms with Gasteiger partial charge in [0.15, 0.2) is 0 Å². The minimum absolute atomic E-state index is 0.463. The van der Waals surface area contributed by atoms with Crippen molar-refractivity contribution in [3.8, 4) is 17.1 Å². The molecule has 0 radical (unpaired) electrons. The maximum absolute atomic E-state index is 5.91. The average Bonchev–Trinajstić information content (AvgIpc) is 3.36. The van der Waals surface area contributed by atoms with Gasteiger partial charge in [-0.3, -0.25) is 0 Å². The van der Waals surface area contributed by atoms with Crippen LogP contribution in [0, 0.1) is 0 Å². The Kier molecular flexibility index (Phi) is 5.40. The molecule has 0 aliphatic heterocycles. The van der Waals surface area contributed by atoms with E-state index in [1.54, 1.807) is 16.8 Å². The van der Waals surface area contributed by atoms with E-state index in [0.717, 1.165) is 11.3 Å². The maximum Gasteiger partial charge on any atom is 0.237 e. The second-order valence-corrected chi connectivity index (χ2v) is 7.81. The Morgan fingerprint density at radius 1 is 1.07 bits per heavy atom. The molecule has 0 aliphatic rings. The van der Waals surface area contributed by atoms with E-state index in [1.807, 2.05) is 24.3 Å². The zero-order chi connectivity index (χ0) is 19.5. The molecule has 4 rings (SSSR count). The van der Waals surface area contributed by atoms with Crippen molar-refractivity contribution in [3.63, 3.8) is 0 Å². The summed E-state index contributed by atoms with van der Waals surface area (Å²) in [6.07, 6.45) is 0. The molecule has 2 heterocycles. The molecular formula is C19H17ClN6OS. The highest BCUT2D eigenvalue weighted by atomic mass is 35.5. The SMILES string of the molecule is CC(C)c1ccc(-n2nnnc2SCc2nc(-c3ccc(Cl)cc3)no2)cc1. The highest BCUT2D eigenvalue weighted by Gasteiger charge is 2.13. The summed E-state index contributed by atoms with van der Waals surface area (Å²) in [6, 6.07) is 15.5. The molecule has 0 bridgehead atoms. The number of hydrogen-bond acceptors (Lipinski definition) is 7. The minimum Gasteiger partial charge on any atom is -0.338 e. The van der Waals surface area contributed by atoms with Crippen molar-refractivity contribution in [1.82, 2.24) is 30.3 Å². The van der Waals surface area contributed by atoms with Gasteiger partial charge in [0, 0.05) is 10.6 Å². The second-order valence-electron chi connectivity index (χ2n) is 6.43. The van der Waals surface area contributed by atoms with E-state index in [0.29, 0.717) is 33.6 Å². The fourth-order valence-electron chi connectivity index (χ4n) is 2.59. The number of hydrogen-bond donors (Lipinski definition) is 0. The number of benzene rings is 2. The van der Waals surface area contributed by atoms with Gasteiger partial charge in [0.2, 0.25) is 16.9 Å². The predicted octanol–water partition coefficient (Wildman–Crippen LogP) is 4.78. The number of nitrogens with zero attached hydrogens (tertiary/aromatic N) is 6. The first-order chi connectivity index (χ1) is 13.6. The third-order valence-corrected chi connectivity index (χ3v) is 5.30. The van der Waals surface area contributed by atoms with Crippen LogP contribution in [0.5, 0.6) is 0 Å². The van der Waals surface area contributed by atoms with Gasteiger partial charge in [0.25, 0.3) is 0 Å². The second kappa shape index (κ2) is 8.12. The summed E-state index contributed by atoms with van der Waals surface area (Å²) >= 11 is 7.34. The summed E-state index contributed by atoms with van der Waals surface area (Å²) in [5.74, 6) is 1.96. The number of thioether (sulfide) groups is 1. The van der Waals surface area contributed by atoms with E-state index in [9.17, 15) is 0 Å². The summed E-state index contributed by atoms with van der Waals surface area (Å²) in [5, 5.41) is 17.3. The first kappa shape index (κ1) is 18.6. The van der Waals surface area contributed by atoms with Crippen molar-refractivity contribution in [1.29, 1.82) is 0 Å². The van der Waals surface area contributed by atoms with Crippen molar-refractivity contribution < 1.29 is 4.52 Å². The Labute approximate surface area is 171 Å².